The predicted molar refractivity (Wildman–Crippen MR) is 85.8 cm³/mol. The van der Waals surface area contributed by atoms with Crippen LogP contribution >= 0.6 is 24.0 Å². The third-order valence-electron chi connectivity index (χ3n) is 3.76. The maximum Gasteiger partial charge on any atom is 0.172 e. The minimum atomic E-state index is 0. The summed E-state index contributed by atoms with van der Waals surface area (Å²) in [6.45, 7) is 2.67. The molecule has 1 aliphatic heterocycles. The Bertz CT molecular complexity index is 582. The van der Waals surface area contributed by atoms with Gasteiger partial charge in [0.25, 0.3) is 0 Å². The number of rotatable bonds is 2. The molecule has 0 amide bonds. The van der Waals surface area contributed by atoms with E-state index < -0.39 is 0 Å². The van der Waals surface area contributed by atoms with E-state index in [1.807, 2.05) is 24.3 Å². The van der Waals surface area contributed by atoms with Gasteiger partial charge in [-0.25, -0.2) is 9.97 Å². The van der Waals surface area contributed by atoms with Gasteiger partial charge < -0.3 is 10.6 Å². The molecular formula is C14H18Cl2N4. The summed E-state index contributed by atoms with van der Waals surface area (Å²) in [5, 5.41) is 0.491. The number of anilines is 1. The van der Waals surface area contributed by atoms with Crippen molar-refractivity contribution < 1.29 is 0 Å². The number of aromatic nitrogens is 2. The number of hydrogen-bond donors (Lipinski definition) is 1. The van der Waals surface area contributed by atoms with Gasteiger partial charge in [-0.1, -0.05) is 23.7 Å². The fourth-order valence-corrected chi connectivity index (χ4v) is 2.80. The molecule has 1 aromatic carbocycles. The van der Waals surface area contributed by atoms with Crippen LogP contribution in [0, 0.1) is 5.92 Å². The molecule has 3 rings (SSSR count). The number of hydrogen-bond acceptors (Lipinski definition) is 4. The van der Waals surface area contributed by atoms with Gasteiger partial charge in [0, 0.05) is 13.1 Å². The van der Waals surface area contributed by atoms with Gasteiger partial charge in [0.1, 0.15) is 0 Å². The van der Waals surface area contributed by atoms with Gasteiger partial charge >= 0.3 is 0 Å². The molecule has 0 saturated carbocycles. The van der Waals surface area contributed by atoms with E-state index in [2.05, 4.69) is 14.9 Å². The maximum atomic E-state index is 6.27. The Morgan fingerprint density at radius 3 is 2.35 bits per heavy atom. The molecule has 1 aliphatic rings. The molecule has 2 N–H and O–H groups in total. The molecule has 0 radical (unpaired) electrons. The largest absolute Gasteiger partial charge is 0.354 e. The van der Waals surface area contributed by atoms with E-state index in [4.69, 9.17) is 17.3 Å². The van der Waals surface area contributed by atoms with E-state index in [0.29, 0.717) is 11.1 Å². The third-order valence-corrected chi connectivity index (χ3v) is 4.01. The SMILES string of the molecule is Cl.NCC1CCN(c2nc3ccccc3nc2Cl)CC1. The van der Waals surface area contributed by atoms with Crippen LogP contribution in [0.4, 0.5) is 5.82 Å². The Morgan fingerprint density at radius 2 is 1.75 bits per heavy atom. The number of benzene rings is 1. The summed E-state index contributed by atoms with van der Waals surface area (Å²) in [4.78, 5) is 11.3. The lowest BCUT2D eigenvalue weighted by Crippen LogP contribution is -2.36. The highest BCUT2D eigenvalue weighted by molar-refractivity contribution is 6.32. The van der Waals surface area contributed by atoms with E-state index in [9.17, 15) is 0 Å². The number of nitrogens with zero attached hydrogens (tertiary/aromatic N) is 3. The van der Waals surface area contributed by atoms with E-state index in [0.717, 1.165) is 49.3 Å². The van der Waals surface area contributed by atoms with Crippen LogP contribution in [0.3, 0.4) is 0 Å². The molecule has 4 nitrogen and oxygen atoms in total. The Labute approximate surface area is 129 Å². The molecule has 20 heavy (non-hydrogen) atoms. The van der Waals surface area contributed by atoms with Crippen molar-refractivity contribution >= 4 is 40.9 Å². The number of fused-ring (bicyclic) bond motifs is 1. The second-order valence-electron chi connectivity index (χ2n) is 4.99. The molecule has 0 unspecified atom stereocenters. The summed E-state index contributed by atoms with van der Waals surface area (Å²) in [6.07, 6.45) is 2.20. The van der Waals surface area contributed by atoms with Crippen LogP contribution in [-0.4, -0.2) is 29.6 Å². The zero-order valence-electron chi connectivity index (χ0n) is 11.1. The van der Waals surface area contributed by atoms with Crippen molar-refractivity contribution in [2.45, 2.75) is 12.8 Å². The molecule has 108 valence electrons. The van der Waals surface area contributed by atoms with Gasteiger partial charge in [-0.05, 0) is 37.4 Å². The first-order valence-electron chi connectivity index (χ1n) is 6.65. The van der Waals surface area contributed by atoms with E-state index in [1.54, 1.807) is 0 Å². The van der Waals surface area contributed by atoms with E-state index in [-0.39, 0.29) is 12.4 Å². The molecule has 0 atom stereocenters. The highest BCUT2D eigenvalue weighted by Gasteiger charge is 2.21. The summed E-state index contributed by atoms with van der Waals surface area (Å²) in [5.74, 6) is 1.43. The molecule has 0 bridgehead atoms. The molecule has 6 heteroatoms. The lowest BCUT2D eigenvalue weighted by Gasteiger charge is -2.32. The summed E-state index contributed by atoms with van der Waals surface area (Å²) >= 11 is 6.27. The van der Waals surface area contributed by atoms with Crippen molar-refractivity contribution in [2.75, 3.05) is 24.5 Å². The molecule has 1 fully saturated rings. The van der Waals surface area contributed by atoms with Gasteiger partial charge in [-0.3, -0.25) is 0 Å². The van der Waals surface area contributed by atoms with Crippen molar-refractivity contribution in [1.29, 1.82) is 0 Å². The molecule has 1 saturated heterocycles. The normalized spacial score (nSPS) is 16.2. The molecule has 2 aromatic rings. The first kappa shape index (κ1) is 15.3. The number of nitrogens with two attached hydrogens (primary N) is 1. The lowest BCUT2D eigenvalue weighted by atomic mass is 9.97. The smallest absolute Gasteiger partial charge is 0.172 e. The van der Waals surface area contributed by atoms with Crippen LogP contribution in [0.2, 0.25) is 5.15 Å². The van der Waals surface area contributed by atoms with Crippen LogP contribution in [0.25, 0.3) is 11.0 Å². The second-order valence-corrected chi connectivity index (χ2v) is 5.35. The molecule has 0 aliphatic carbocycles. The number of para-hydroxylation sites is 2. The Morgan fingerprint density at radius 1 is 1.15 bits per heavy atom. The molecule has 2 heterocycles. The fourth-order valence-electron chi connectivity index (χ4n) is 2.55. The van der Waals surface area contributed by atoms with Gasteiger partial charge in [-0.15, -0.1) is 12.4 Å². The molecule has 1 aromatic heterocycles. The number of piperidine rings is 1. The first-order chi connectivity index (χ1) is 9.28. The minimum Gasteiger partial charge on any atom is -0.354 e. The van der Waals surface area contributed by atoms with E-state index >= 15 is 0 Å². The topological polar surface area (TPSA) is 55.0 Å². The van der Waals surface area contributed by atoms with Crippen molar-refractivity contribution in [3.8, 4) is 0 Å². The van der Waals surface area contributed by atoms with Crippen LogP contribution < -0.4 is 10.6 Å². The van der Waals surface area contributed by atoms with Crippen LogP contribution in [0.15, 0.2) is 24.3 Å². The zero-order chi connectivity index (χ0) is 13.2. The highest BCUT2D eigenvalue weighted by atomic mass is 35.5. The standard InChI is InChI=1S/C14H17ClN4.ClH/c15-13-14(19-7-5-10(9-16)6-8-19)18-12-4-2-1-3-11(12)17-13;/h1-4,10H,5-9,16H2;1H. The number of halogens is 2. The quantitative estimate of drug-likeness (QED) is 0.926. The van der Waals surface area contributed by atoms with Crippen LogP contribution in [-0.2, 0) is 0 Å². The van der Waals surface area contributed by atoms with E-state index in [1.165, 1.54) is 0 Å². The van der Waals surface area contributed by atoms with Crippen LogP contribution in [0.5, 0.6) is 0 Å². The predicted octanol–water partition coefficient (Wildman–Crippen LogP) is 2.88. The van der Waals surface area contributed by atoms with Crippen molar-refractivity contribution in [1.82, 2.24) is 9.97 Å². The Balaban J connectivity index is 0.00000147. The average molecular weight is 313 g/mol. The first-order valence-corrected chi connectivity index (χ1v) is 7.03. The van der Waals surface area contributed by atoms with Crippen molar-refractivity contribution in [2.24, 2.45) is 11.7 Å². The van der Waals surface area contributed by atoms with Gasteiger partial charge in [0.15, 0.2) is 11.0 Å². The summed E-state index contributed by atoms with van der Waals surface area (Å²) < 4.78 is 0. The zero-order valence-corrected chi connectivity index (χ0v) is 12.7. The second kappa shape index (κ2) is 6.57. The van der Waals surface area contributed by atoms with Gasteiger partial charge in [0.2, 0.25) is 0 Å². The Hall–Kier alpha value is -1.10. The van der Waals surface area contributed by atoms with Gasteiger partial charge in [0.05, 0.1) is 11.0 Å². The highest BCUT2D eigenvalue weighted by Crippen LogP contribution is 2.28. The lowest BCUT2D eigenvalue weighted by molar-refractivity contribution is 0.413. The van der Waals surface area contributed by atoms with Gasteiger partial charge in [-0.2, -0.15) is 0 Å². The summed E-state index contributed by atoms with van der Waals surface area (Å²) in [6, 6.07) is 7.81. The fraction of sp³-hybridized carbons (Fsp3) is 0.429. The van der Waals surface area contributed by atoms with Crippen molar-refractivity contribution in [3.05, 3.63) is 29.4 Å². The van der Waals surface area contributed by atoms with Crippen LogP contribution in [0.1, 0.15) is 12.8 Å². The maximum absolute atomic E-state index is 6.27. The van der Waals surface area contributed by atoms with Crippen molar-refractivity contribution in [3.63, 3.8) is 0 Å². The summed E-state index contributed by atoms with van der Waals surface area (Å²) in [5.41, 5.74) is 7.45. The molecule has 0 spiro atoms. The average Bonchev–Trinajstić information content (AvgIpc) is 2.47. The third kappa shape index (κ3) is 2.97. The molecular weight excluding hydrogens is 295 g/mol. The monoisotopic (exact) mass is 312 g/mol. The minimum absolute atomic E-state index is 0. The Kier molecular flexibility index (Phi) is 5.02. The summed E-state index contributed by atoms with van der Waals surface area (Å²) in [7, 11) is 0.